The summed E-state index contributed by atoms with van der Waals surface area (Å²) in [7, 11) is 0. The van der Waals surface area contributed by atoms with E-state index in [1.165, 1.54) is 5.56 Å². The van der Waals surface area contributed by atoms with Crippen LogP contribution in [0, 0.1) is 0 Å². The van der Waals surface area contributed by atoms with Crippen molar-refractivity contribution in [1.29, 1.82) is 0 Å². The molecule has 1 unspecified atom stereocenters. The van der Waals surface area contributed by atoms with E-state index in [2.05, 4.69) is 27.8 Å². The van der Waals surface area contributed by atoms with Gasteiger partial charge in [0.2, 0.25) is 0 Å². The van der Waals surface area contributed by atoms with Crippen LogP contribution >= 0.6 is 11.3 Å². The fourth-order valence-corrected chi connectivity index (χ4v) is 3.31. The van der Waals surface area contributed by atoms with Gasteiger partial charge in [-0.2, -0.15) is 0 Å². The summed E-state index contributed by atoms with van der Waals surface area (Å²) in [5.74, 6) is -0.0562. The smallest absolute Gasteiger partial charge is 0.271 e. The molecule has 21 heavy (non-hydrogen) atoms. The highest BCUT2D eigenvalue weighted by molar-refractivity contribution is 7.09. The van der Waals surface area contributed by atoms with E-state index < -0.39 is 0 Å². The molecule has 1 amide bonds. The van der Waals surface area contributed by atoms with Gasteiger partial charge in [0.25, 0.3) is 5.91 Å². The molecule has 1 atom stereocenters. The van der Waals surface area contributed by atoms with Crippen molar-refractivity contribution in [2.45, 2.75) is 25.3 Å². The van der Waals surface area contributed by atoms with Crippen LogP contribution in [0.3, 0.4) is 0 Å². The van der Waals surface area contributed by atoms with Crippen molar-refractivity contribution in [3.05, 3.63) is 52.0 Å². The number of hydrogen-bond donors (Lipinski definition) is 2. The minimum absolute atomic E-state index is 0.0562. The average molecular weight is 301 g/mol. The molecule has 2 aromatic rings. The van der Waals surface area contributed by atoms with Gasteiger partial charge in [0.15, 0.2) is 0 Å². The fourth-order valence-electron chi connectivity index (χ4n) is 2.50. The Hall–Kier alpha value is -1.72. The van der Waals surface area contributed by atoms with E-state index in [1.807, 2.05) is 23.6 Å². The molecule has 1 aliphatic rings. The van der Waals surface area contributed by atoms with Gasteiger partial charge in [-0.05, 0) is 24.9 Å². The van der Waals surface area contributed by atoms with Gasteiger partial charge in [-0.3, -0.25) is 4.79 Å². The van der Waals surface area contributed by atoms with Crippen molar-refractivity contribution in [1.82, 2.24) is 15.6 Å². The zero-order chi connectivity index (χ0) is 14.5. The summed E-state index contributed by atoms with van der Waals surface area (Å²) in [6.07, 6.45) is 2.94. The van der Waals surface area contributed by atoms with Crippen LogP contribution in [0.4, 0.5) is 0 Å². The van der Waals surface area contributed by atoms with Crippen molar-refractivity contribution in [3.8, 4) is 0 Å². The van der Waals surface area contributed by atoms with E-state index in [0.29, 0.717) is 5.69 Å². The molecule has 0 bridgehead atoms. The van der Waals surface area contributed by atoms with E-state index in [9.17, 15) is 4.79 Å². The van der Waals surface area contributed by atoms with Crippen LogP contribution in [0.1, 0.15) is 33.9 Å². The average Bonchev–Trinajstić information content (AvgIpc) is 2.98. The first-order valence-corrected chi connectivity index (χ1v) is 8.19. The second kappa shape index (κ2) is 6.83. The molecule has 2 N–H and O–H groups in total. The first-order chi connectivity index (χ1) is 10.3. The first kappa shape index (κ1) is 14.2. The first-order valence-electron chi connectivity index (χ1n) is 7.31. The van der Waals surface area contributed by atoms with Gasteiger partial charge in [-0.15, -0.1) is 11.3 Å². The van der Waals surface area contributed by atoms with E-state index in [-0.39, 0.29) is 11.9 Å². The maximum Gasteiger partial charge on any atom is 0.271 e. The number of carbonyl (C=O) groups is 1. The minimum Gasteiger partial charge on any atom is -0.347 e. The Balaban J connectivity index is 1.60. The van der Waals surface area contributed by atoms with Crippen LogP contribution in [0.25, 0.3) is 0 Å². The lowest BCUT2D eigenvalue weighted by molar-refractivity contribution is 0.0926. The second-order valence-electron chi connectivity index (χ2n) is 5.31. The molecule has 4 nitrogen and oxygen atoms in total. The van der Waals surface area contributed by atoms with Crippen LogP contribution < -0.4 is 10.6 Å². The van der Waals surface area contributed by atoms with Crippen LogP contribution in [-0.2, 0) is 6.42 Å². The quantitative estimate of drug-likeness (QED) is 0.910. The number of benzene rings is 1. The van der Waals surface area contributed by atoms with E-state index in [1.54, 1.807) is 11.3 Å². The SMILES string of the molecule is O=C(NC1CCCNC1)c1csc(Cc2ccccc2)n1. The molecule has 1 aromatic heterocycles. The molecule has 3 rings (SSSR count). The zero-order valence-electron chi connectivity index (χ0n) is 11.8. The van der Waals surface area contributed by atoms with Gasteiger partial charge >= 0.3 is 0 Å². The summed E-state index contributed by atoms with van der Waals surface area (Å²) < 4.78 is 0. The molecule has 1 aromatic carbocycles. The summed E-state index contributed by atoms with van der Waals surface area (Å²) in [4.78, 5) is 16.6. The molecule has 110 valence electrons. The molecule has 5 heteroatoms. The molecule has 0 spiro atoms. The summed E-state index contributed by atoms with van der Waals surface area (Å²) in [6.45, 7) is 1.90. The van der Waals surface area contributed by atoms with Gasteiger partial charge in [0.1, 0.15) is 5.69 Å². The number of nitrogens with one attached hydrogen (secondary N) is 2. The number of amides is 1. The molecule has 1 aliphatic heterocycles. The van der Waals surface area contributed by atoms with Gasteiger partial charge in [-0.25, -0.2) is 4.98 Å². The molecule has 0 aliphatic carbocycles. The maximum atomic E-state index is 12.2. The number of nitrogens with zero attached hydrogens (tertiary/aromatic N) is 1. The van der Waals surface area contributed by atoms with Crippen molar-refractivity contribution in [2.75, 3.05) is 13.1 Å². The Morgan fingerprint density at radius 2 is 2.24 bits per heavy atom. The Morgan fingerprint density at radius 1 is 1.38 bits per heavy atom. The van der Waals surface area contributed by atoms with Gasteiger partial charge < -0.3 is 10.6 Å². The van der Waals surface area contributed by atoms with Crippen LogP contribution in [0.2, 0.25) is 0 Å². The highest BCUT2D eigenvalue weighted by Crippen LogP contribution is 2.15. The molecule has 2 heterocycles. The summed E-state index contributed by atoms with van der Waals surface area (Å²) >= 11 is 1.55. The Bertz CT molecular complexity index is 591. The van der Waals surface area contributed by atoms with Crippen molar-refractivity contribution < 1.29 is 4.79 Å². The number of thiazole rings is 1. The normalized spacial score (nSPS) is 18.4. The third kappa shape index (κ3) is 3.89. The van der Waals surface area contributed by atoms with Crippen molar-refractivity contribution >= 4 is 17.2 Å². The van der Waals surface area contributed by atoms with Crippen molar-refractivity contribution in [2.24, 2.45) is 0 Å². The fraction of sp³-hybridized carbons (Fsp3) is 0.375. The number of hydrogen-bond acceptors (Lipinski definition) is 4. The molecule has 1 saturated heterocycles. The highest BCUT2D eigenvalue weighted by atomic mass is 32.1. The van der Waals surface area contributed by atoms with E-state index in [0.717, 1.165) is 37.4 Å². The second-order valence-corrected chi connectivity index (χ2v) is 6.25. The van der Waals surface area contributed by atoms with Crippen LogP contribution in [-0.4, -0.2) is 30.0 Å². The minimum atomic E-state index is -0.0562. The van der Waals surface area contributed by atoms with Crippen LogP contribution in [0.5, 0.6) is 0 Å². The van der Waals surface area contributed by atoms with Crippen LogP contribution in [0.15, 0.2) is 35.7 Å². The molecule has 1 fully saturated rings. The summed E-state index contributed by atoms with van der Waals surface area (Å²) in [5.41, 5.74) is 1.76. The van der Waals surface area contributed by atoms with Gasteiger partial charge in [0, 0.05) is 24.4 Å². The Morgan fingerprint density at radius 3 is 3.00 bits per heavy atom. The molecule has 0 saturated carbocycles. The zero-order valence-corrected chi connectivity index (χ0v) is 12.7. The Labute approximate surface area is 128 Å². The number of piperidine rings is 1. The van der Waals surface area contributed by atoms with E-state index in [4.69, 9.17) is 0 Å². The number of aromatic nitrogens is 1. The lowest BCUT2D eigenvalue weighted by Gasteiger charge is -2.23. The third-order valence-electron chi connectivity index (χ3n) is 3.61. The summed E-state index contributed by atoms with van der Waals surface area (Å²) in [5, 5.41) is 9.18. The number of carbonyl (C=O) groups excluding carboxylic acids is 1. The van der Waals surface area contributed by atoms with Gasteiger partial charge in [-0.1, -0.05) is 30.3 Å². The molecular formula is C16H19N3OS. The highest BCUT2D eigenvalue weighted by Gasteiger charge is 2.18. The number of rotatable bonds is 4. The lowest BCUT2D eigenvalue weighted by Crippen LogP contribution is -2.45. The molecular weight excluding hydrogens is 282 g/mol. The monoisotopic (exact) mass is 301 g/mol. The summed E-state index contributed by atoms with van der Waals surface area (Å²) in [6, 6.07) is 10.4. The van der Waals surface area contributed by atoms with Gasteiger partial charge in [0.05, 0.1) is 5.01 Å². The lowest BCUT2D eigenvalue weighted by atomic mass is 10.1. The maximum absolute atomic E-state index is 12.2. The van der Waals surface area contributed by atoms with E-state index >= 15 is 0 Å². The standard InChI is InChI=1S/C16H19N3OS/c20-16(18-13-7-4-8-17-10-13)14-11-21-15(19-14)9-12-5-2-1-3-6-12/h1-3,5-6,11,13,17H,4,7-10H2,(H,18,20). The predicted octanol–water partition coefficient (Wildman–Crippen LogP) is 2.22. The molecule has 0 radical (unpaired) electrons. The largest absolute Gasteiger partial charge is 0.347 e. The third-order valence-corrected chi connectivity index (χ3v) is 4.46. The predicted molar refractivity (Wildman–Crippen MR) is 84.7 cm³/mol. The topological polar surface area (TPSA) is 54.0 Å². The van der Waals surface area contributed by atoms with Crippen molar-refractivity contribution in [3.63, 3.8) is 0 Å². The Kier molecular flexibility index (Phi) is 4.62.